The van der Waals surface area contributed by atoms with Crippen molar-refractivity contribution in [2.24, 2.45) is 5.41 Å². The van der Waals surface area contributed by atoms with E-state index < -0.39 is 0 Å². The fourth-order valence-corrected chi connectivity index (χ4v) is 3.29. The van der Waals surface area contributed by atoms with Crippen molar-refractivity contribution in [3.05, 3.63) is 0 Å². The molecule has 122 valence electrons. The number of aliphatic hydroxyl groups excluding tert-OH is 1. The zero-order valence-electron chi connectivity index (χ0n) is 13.3. The molecule has 2 aliphatic rings. The molecule has 2 saturated heterocycles. The van der Waals surface area contributed by atoms with Gasteiger partial charge in [0.1, 0.15) is 0 Å². The second-order valence-electron chi connectivity index (χ2n) is 6.51. The molecule has 0 aromatic rings. The molecule has 1 unspecified atom stereocenters. The number of rotatable bonds is 5. The molecule has 2 amide bonds. The van der Waals surface area contributed by atoms with Crippen LogP contribution in [0.15, 0.2) is 0 Å². The molecular weight excluding hydrogens is 268 g/mol. The third-order valence-corrected chi connectivity index (χ3v) is 5.21. The predicted molar refractivity (Wildman–Crippen MR) is 82.2 cm³/mol. The summed E-state index contributed by atoms with van der Waals surface area (Å²) < 4.78 is 5.67. The first kappa shape index (κ1) is 16.6. The first-order valence-corrected chi connectivity index (χ1v) is 8.44. The fourth-order valence-electron chi connectivity index (χ4n) is 3.29. The molecule has 0 aromatic heterocycles. The van der Waals surface area contributed by atoms with Gasteiger partial charge in [-0.25, -0.2) is 4.79 Å². The molecule has 0 aliphatic carbocycles. The highest BCUT2D eigenvalue weighted by Gasteiger charge is 2.33. The summed E-state index contributed by atoms with van der Waals surface area (Å²) >= 11 is 0. The van der Waals surface area contributed by atoms with E-state index in [4.69, 9.17) is 4.74 Å². The van der Waals surface area contributed by atoms with Crippen molar-refractivity contribution in [1.29, 1.82) is 0 Å². The number of hydrogen-bond acceptors (Lipinski definition) is 3. The van der Waals surface area contributed by atoms with Gasteiger partial charge in [-0.1, -0.05) is 6.92 Å². The lowest BCUT2D eigenvalue weighted by molar-refractivity contribution is 0.0115. The number of urea groups is 1. The monoisotopic (exact) mass is 298 g/mol. The van der Waals surface area contributed by atoms with E-state index in [1.165, 1.54) is 12.8 Å². The summed E-state index contributed by atoms with van der Waals surface area (Å²) in [6, 6.07) is 0.0356. The number of carbonyl (C=O) groups is 1. The van der Waals surface area contributed by atoms with E-state index in [0.29, 0.717) is 12.6 Å². The Hall–Kier alpha value is -0.810. The van der Waals surface area contributed by atoms with Gasteiger partial charge in [0.25, 0.3) is 0 Å². The second kappa shape index (κ2) is 7.99. The molecule has 0 bridgehead atoms. The zero-order chi connectivity index (χ0) is 15.1. The topological polar surface area (TPSA) is 61.8 Å². The summed E-state index contributed by atoms with van der Waals surface area (Å²) in [4.78, 5) is 14.0. The molecule has 2 N–H and O–H groups in total. The van der Waals surface area contributed by atoms with E-state index in [-0.39, 0.29) is 18.1 Å². The van der Waals surface area contributed by atoms with Crippen LogP contribution < -0.4 is 5.32 Å². The SMILES string of the molecule is CCC1(CO)CCN(C(=O)NCCC2CCCCO2)CC1. The number of likely N-dealkylation sites (tertiary alicyclic amines) is 1. The Morgan fingerprint density at radius 2 is 2.14 bits per heavy atom. The maximum Gasteiger partial charge on any atom is 0.317 e. The number of nitrogens with zero attached hydrogens (tertiary/aromatic N) is 1. The molecule has 2 rings (SSSR count). The third-order valence-electron chi connectivity index (χ3n) is 5.21. The van der Waals surface area contributed by atoms with Crippen LogP contribution in [0.1, 0.15) is 51.9 Å². The smallest absolute Gasteiger partial charge is 0.317 e. The highest BCUT2D eigenvalue weighted by Crippen LogP contribution is 2.34. The van der Waals surface area contributed by atoms with Gasteiger partial charge in [-0.15, -0.1) is 0 Å². The Balaban J connectivity index is 1.65. The van der Waals surface area contributed by atoms with Crippen LogP contribution in [0.2, 0.25) is 0 Å². The summed E-state index contributed by atoms with van der Waals surface area (Å²) in [6.07, 6.45) is 7.55. The molecule has 21 heavy (non-hydrogen) atoms. The van der Waals surface area contributed by atoms with Gasteiger partial charge in [-0.2, -0.15) is 0 Å². The maximum absolute atomic E-state index is 12.1. The average molecular weight is 298 g/mol. The molecule has 2 fully saturated rings. The van der Waals surface area contributed by atoms with Crippen molar-refractivity contribution in [3.63, 3.8) is 0 Å². The van der Waals surface area contributed by atoms with Crippen LogP contribution >= 0.6 is 0 Å². The molecule has 2 heterocycles. The van der Waals surface area contributed by atoms with Gasteiger partial charge in [0.05, 0.1) is 6.10 Å². The van der Waals surface area contributed by atoms with Crippen LogP contribution in [0.4, 0.5) is 4.79 Å². The number of aliphatic hydroxyl groups is 1. The largest absolute Gasteiger partial charge is 0.396 e. The molecule has 0 radical (unpaired) electrons. The molecular formula is C16H30N2O3. The summed E-state index contributed by atoms with van der Waals surface area (Å²) in [7, 11) is 0. The summed E-state index contributed by atoms with van der Waals surface area (Å²) in [5.41, 5.74) is 0.0344. The highest BCUT2D eigenvalue weighted by atomic mass is 16.5. The Morgan fingerprint density at radius 1 is 1.38 bits per heavy atom. The van der Waals surface area contributed by atoms with E-state index >= 15 is 0 Å². The van der Waals surface area contributed by atoms with Gasteiger partial charge in [0.2, 0.25) is 0 Å². The van der Waals surface area contributed by atoms with Crippen molar-refractivity contribution < 1.29 is 14.6 Å². The number of piperidine rings is 1. The molecule has 2 aliphatic heterocycles. The zero-order valence-corrected chi connectivity index (χ0v) is 13.3. The van der Waals surface area contributed by atoms with Crippen LogP contribution in [0.25, 0.3) is 0 Å². The van der Waals surface area contributed by atoms with Gasteiger partial charge < -0.3 is 20.1 Å². The number of amides is 2. The molecule has 0 saturated carbocycles. The predicted octanol–water partition coefficient (Wildman–Crippen LogP) is 2.14. The van der Waals surface area contributed by atoms with Gasteiger partial charge in [0.15, 0.2) is 0 Å². The van der Waals surface area contributed by atoms with Crippen LogP contribution in [0.5, 0.6) is 0 Å². The molecule has 5 nitrogen and oxygen atoms in total. The Labute approximate surface area is 128 Å². The van der Waals surface area contributed by atoms with Gasteiger partial charge in [-0.3, -0.25) is 0 Å². The normalized spacial score (nSPS) is 25.6. The van der Waals surface area contributed by atoms with Gasteiger partial charge in [-0.05, 0) is 50.4 Å². The number of carbonyl (C=O) groups excluding carboxylic acids is 1. The molecule has 1 atom stereocenters. The second-order valence-corrected chi connectivity index (χ2v) is 6.51. The van der Waals surface area contributed by atoms with Gasteiger partial charge >= 0.3 is 6.03 Å². The van der Waals surface area contributed by atoms with Crippen LogP contribution in [-0.4, -0.2) is 55.0 Å². The Kier molecular flexibility index (Phi) is 6.30. The van der Waals surface area contributed by atoms with E-state index in [2.05, 4.69) is 12.2 Å². The average Bonchev–Trinajstić information content (AvgIpc) is 2.56. The lowest BCUT2D eigenvalue weighted by atomic mass is 9.77. The van der Waals surface area contributed by atoms with Gasteiger partial charge in [0, 0.05) is 32.8 Å². The lowest BCUT2D eigenvalue weighted by Crippen LogP contribution is -2.48. The summed E-state index contributed by atoms with van der Waals surface area (Å²) in [5, 5.41) is 12.5. The van der Waals surface area contributed by atoms with Crippen molar-refractivity contribution in [2.75, 3.05) is 32.8 Å². The number of nitrogens with one attached hydrogen (secondary N) is 1. The summed E-state index contributed by atoms with van der Waals surface area (Å²) in [5.74, 6) is 0. The quantitative estimate of drug-likeness (QED) is 0.817. The van der Waals surface area contributed by atoms with E-state index in [0.717, 1.165) is 51.8 Å². The first-order valence-electron chi connectivity index (χ1n) is 8.44. The van der Waals surface area contributed by atoms with E-state index in [1.54, 1.807) is 0 Å². The molecule has 0 aromatic carbocycles. The summed E-state index contributed by atoms with van der Waals surface area (Å²) in [6.45, 7) is 5.42. The van der Waals surface area contributed by atoms with E-state index in [9.17, 15) is 9.90 Å². The molecule has 0 spiro atoms. The van der Waals surface area contributed by atoms with Crippen molar-refractivity contribution >= 4 is 6.03 Å². The van der Waals surface area contributed by atoms with Crippen LogP contribution in [0, 0.1) is 5.41 Å². The van der Waals surface area contributed by atoms with Crippen molar-refractivity contribution in [3.8, 4) is 0 Å². The molecule has 5 heteroatoms. The maximum atomic E-state index is 12.1. The number of hydrogen-bond donors (Lipinski definition) is 2. The Bertz CT molecular complexity index is 315. The van der Waals surface area contributed by atoms with Crippen molar-refractivity contribution in [2.45, 2.75) is 58.0 Å². The fraction of sp³-hybridized carbons (Fsp3) is 0.938. The van der Waals surface area contributed by atoms with E-state index in [1.807, 2.05) is 4.90 Å². The minimum absolute atomic E-state index is 0.0344. The highest BCUT2D eigenvalue weighted by molar-refractivity contribution is 5.74. The minimum atomic E-state index is 0.0344. The van der Waals surface area contributed by atoms with Crippen LogP contribution in [-0.2, 0) is 4.74 Å². The number of ether oxygens (including phenoxy) is 1. The third kappa shape index (κ3) is 4.58. The standard InChI is InChI=1S/C16H30N2O3/c1-2-16(13-19)7-10-18(11-8-16)15(20)17-9-6-14-5-3-4-12-21-14/h14,19H,2-13H2,1H3,(H,17,20). The van der Waals surface area contributed by atoms with Crippen LogP contribution in [0.3, 0.4) is 0 Å². The Morgan fingerprint density at radius 3 is 2.71 bits per heavy atom. The first-order chi connectivity index (χ1) is 10.2. The lowest BCUT2D eigenvalue weighted by Gasteiger charge is -2.40. The minimum Gasteiger partial charge on any atom is -0.396 e. The van der Waals surface area contributed by atoms with Crippen molar-refractivity contribution in [1.82, 2.24) is 10.2 Å².